The largest absolute Gasteiger partial charge is 0.480 e. The summed E-state index contributed by atoms with van der Waals surface area (Å²) < 4.78 is 0. The Morgan fingerprint density at radius 2 is 2.15 bits per heavy atom. The molecular weight excluding hydrogens is 170 g/mol. The molecule has 1 aliphatic heterocycles. The molecule has 0 aromatic rings. The van der Waals surface area contributed by atoms with E-state index in [1.54, 1.807) is 6.92 Å². The van der Waals surface area contributed by atoms with E-state index >= 15 is 0 Å². The van der Waals surface area contributed by atoms with Crippen molar-refractivity contribution in [3.8, 4) is 0 Å². The van der Waals surface area contributed by atoms with Gasteiger partial charge in [-0.3, -0.25) is 4.79 Å². The summed E-state index contributed by atoms with van der Waals surface area (Å²) in [6.07, 6.45) is 0.740. The Kier molecular flexibility index (Phi) is 2.32. The fourth-order valence-electron chi connectivity index (χ4n) is 1.50. The van der Waals surface area contributed by atoms with Crippen molar-refractivity contribution in [2.45, 2.75) is 33.2 Å². The first kappa shape index (κ1) is 10.0. The predicted octanol–water partition coefficient (Wildman–Crippen LogP) is 0.718. The molecule has 4 heteroatoms. The zero-order chi connectivity index (χ0) is 10.2. The first-order chi connectivity index (χ1) is 5.86. The maximum absolute atomic E-state index is 11.6. The lowest BCUT2D eigenvalue weighted by atomic mass is 9.92. The van der Waals surface area contributed by atoms with Gasteiger partial charge in [-0.2, -0.15) is 0 Å². The van der Waals surface area contributed by atoms with Crippen molar-refractivity contribution in [1.82, 2.24) is 4.90 Å². The Morgan fingerprint density at radius 1 is 1.62 bits per heavy atom. The molecule has 4 nitrogen and oxygen atoms in total. The summed E-state index contributed by atoms with van der Waals surface area (Å²) in [5.74, 6) is -0.992. The second kappa shape index (κ2) is 3.01. The number of nitrogens with zero attached hydrogens (tertiary/aromatic N) is 1. The van der Waals surface area contributed by atoms with E-state index in [4.69, 9.17) is 5.11 Å². The fourth-order valence-corrected chi connectivity index (χ4v) is 1.50. The van der Waals surface area contributed by atoms with Gasteiger partial charge >= 0.3 is 5.97 Å². The summed E-state index contributed by atoms with van der Waals surface area (Å²) in [4.78, 5) is 23.7. The Hall–Kier alpha value is -1.06. The van der Waals surface area contributed by atoms with Gasteiger partial charge in [0.05, 0.1) is 0 Å². The smallest absolute Gasteiger partial charge is 0.326 e. The topological polar surface area (TPSA) is 57.6 Å². The van der Waals surface area contributed by atoms with Gasteiger partial charge in [0.15, 0.2) is 0 Å². The lowest BCUT2D eigenvalue weighted by Crippen LogP contribution is -2.42. The molecule has 1 amide bonds. The van der Waals surface area contributed by atoms with Crippen molar-refractivity contribution in [2.24, 2.45) is 5.41 Å². The summed E-state index contributed by atoms with van der Waals surface area (Å²) in [6.45, 7) is 5.80. The van der Waals surface area contributed by atoms with Gasteiger partial charge < -0.3 is 10.0 Å². The van der Waals surface area contributed by atoms with Crippen LogP contribution in [0.15, 0.2) is 0 Å². The van der Waals surface area contributed by atoms with Gasteiger partial charge in [0, 0.05) is 12.0 Å². The Morgan fingerprint density at radius 3 is 2.46 bits per heavy atom. The van der Waals surface area contributed by atoms with Crippen LogP contribution in [0.25, 0.3) is 0 Å². The van der Waals surface area contributed by atoms with Crippen LogP contribution in [0.5, 0.6) is 0 Å². The number of carboxylic acid groups (broad SMARTS) is 1. The third kappa shape index (κ3) is 1.66. The molecule has 13 heavy (non-hydrogen) atoms. The van der Waals surface area contributed by atoms with Crippen LogP contribution in [-0.2, 0) is 9.59 Å². The maximum atomic E-state index is 11.6. The number of carbonyl (C=O) groups is 2. The van der Waals surface area contributed by atoms with E-state index < -0.39 is 12.0 Å². The molecule has 0 aromatic heterocycles. The summed E-state index contributed by atoms with van der Waals surface area (Å²) in [6, 6.07) is -0.700. The molecule has 1 atom stereocenters. The third-order valence-corrected chi connectivity index (χ3v) is 2.64. The molecule has 1 rings (SSSR count). The fraction of sp³-hybridized carbons (Fsp3) is 0.778. The zero-order valence-corrected chi connectivity index (χ0v) is 8.20. The monoisotopic (exact) mass is 185 g/mol. The lowest BCUT2D eigenvalue weighted by molar-refractivity contribution is -0.149. The first-order valence-corrected chi connectivity index (χ1v) is 4.40. The van der Waals surface area contributed by atoms with Crippen molar-refractivity contribution >= 4 is 11.9 Å². The standard InChI is InChI=1S/C9H15NO3/c1-6(7(11)12)10-5-4-9(2,3)8(10)13/h6H,4-5H2,1-3H3,(H,11,12)/t6-/m1/s1. The van der Waals surface area contributed by atoms with Crippen LogP contribution in [-0.4, -0.2) is 34.5 Å². The minimum absolute atomic E-state index is 0.0533. The maximum Gasteiger partial charge on any atom is 0.326 e. The minimum Gasteiger partial charge on any atom is -0.480 e. The second-order valence-corrected chi connectivity index (χ2v) is 4.15. The van der Waals surface area contributed by atoms with Gasteiger partial charge in [0.1, 0.15) is 6.04 Å². The van der Waals surface area contributed by atoms with E-state index in [1.165, 1.54) is 4.90 Å². The van der Waals surface area contributed by atoms with Gasteiger partial charge in [0.25, 0.3) is 0 Å². The van der Waals surface area contributed by atoms with E-state index in [1.807, 2.05) is 13.8 Å². The van der Waals surface area contributed by atoms with Gasteiger partial charge in [-0.1, -0.05) is 13.8 Å². The third-order valence-electron chi connectivity index (χ3n) is 2.64. The van der Waals surface area contributed by atoms with E-state index in [2.05, 4.69) is 0 Å². The van der Waals surface area contributed by atoms with Gasteiger partial charge in [-0.15, -0.1) is 0 Å². The molecular formula is C9H15NO3. The lowest BCUT2D eigenvalue weighted by Gasteiger charge is -2.22. The summed E-state index contributed by atoms with van der Waals surface area (Å²) in [5.41, 5.74) is -0.385. The highest BCUT2D eigenvalue weighted by atomic mass is 16.4. The number of carboxylic acids is 1. The number of amides is 1. The Bertz CT molecular complexity index is 247. The molecule has 0 spiro atoms. The molecule has 0 bridgehead atoms. The Balaban J connectivity index is 2.76. The minimum atomic E-state index is -0.939. The van der Waals surface area contributed by atoms with Crippen LogP contribution in [0, 0.1) is 5.41 Å². The van der Waals surface area contributed by atoms with Crippen LogP contribution in [0.1, 0.15) is 27.2 Å². The van der Waals surface area contributed by atoms with Crippen molar-refractivity contribution in [3.63, 3.8) is 0 Å². The quantitative estimate of drug-likeness (QED) is 0.689. The number of carbonyl (C=O) groups excluding carboxylic acids is 1. The molecule has 1 saturated heterocycles. The van der Waals surface area contributed by atoms with Crippen LogP contribution >= 0.6 is 0 Å². The molecule has 1 fully saturated rings. The molecule has 74 valence electrons. The van der Waals surface area contributed by atoms with Crippen molar-refractivity contribution in [2.75, 3.05) is 6.54 Å². The predicted molar refractivity (Wildman–Crippen MR) is 47.2 cm³/mol. The SMILES string of the molecule is C[C@H](C(=O)O)N1CCC(C)(C)C1=O. The van der Waals surface area contributed by atoms with Crippen molar-refractivity contribution in [3.05, 3.63) is 0 Å². The van der Waals surface area contributed by atoms with Gasteiger partial charge in [-0.05, 0) is 13.3 Å². The molecule has 0 saturated carbocycles. The highest BCUT2D eigenvalue weighted by Crippen LogP contribution is 2.31. The number of hydrogen-bond acceptors (Lipinski definition) is 2. The van der Waals surface area contributed by atoms with E-state index in [0.29, 0.717) is 6.54 Å². The summed E-state index contributed by atoms with van der Waals surface area (Å²) >= 11 is 0. The first-order valence-electron chi connectivity index (χ1n) is 4.40. The van der Waals surface area contributed by atoms with Crippen LogP contribution in [0.2, 0.25) is 0 Å². The average Bonchev–Trinajstić information content (AvgIpc) is 2.27. The second-order valence-electron chi connectivity index (χ2n) is 4.15. The zero-order valence-electron chi connectivity index (χ0n) is 8.20. The summed E-state index contributed by atoms with van der Waals surface area (Å²) in [7, 11) is 0. The normalized spacial score (nSPS) is 23.3. The highest BCUT2D eigenvalue weighted by Gasteiger charge is 2.42. The molecule has 0 aromatic carbocycles. The molecule has 1 N–H and O–H groups in total. The van der Waals surface area contributed by atoms with Crippen LogP contribution in [0.3, 0.4) is 0 Å². The van der Waals surface area contributed by atoms with E-state index in [0.717, 1.165) is 6.42 Å². The van der Waals surface area contributed by atoms with Gasteiger partial charge in [0.2, 0.25) is 5.91 Å². The molecule has 0 radical (unpaired) electrons. The van der Waals surface area contributed by atoms with E-state index in [9.17, 15) is 9.59 Å². The number of rotatable bonds is 2. The van der Waals surface area contributed by atoms with Gasteiger partial charge in [-0.25, -0.2) is 4.79 Å². The molecule has 0 aliphatic carbocycles. The summed E-state index contributed by atoms with van der Waals surface area (Å²) in [5, 5.41) is 8.74. The molecule has 1 aliphatic rings. The number of aliphatic carboxylic acids is 1. The highest BCUT2D eigenvalue weighted by molar-refractivity contribution is 5.88. The number of hydrogen-bond donors (Lipinski definition) is 1. The van der Waals surface area contributed by atoms with Crippen molar-refractivity contribution < 1.29 is 14.7 Å². The Labute approximate surface area is 77.5 Å². The van der Waals surface area contributed by atoms with Crippen LogP contribution < -0.4 is 0 Å². The molecule has 1 heterocycles. The molecule has 0 unspecified atom stereocenters. The number of likely N-dealkylation sites (tertiary alicyclic amines) is 1. The average molecular weight is 185 g/mol. The van der Waals surface area contributed by atoms with Crippen LogP contribution in [0.4, 0.5) is 0 Å². The van der Waals surface area contributed by atoms with Crippen molar-refractivity contribution in [1.29, 1.82) is 0 Å². The van der Waals surface area contributed by atoms with E-state index in [-0.39, 0.29) is 11.3 Å².